The van der Waals surface area contributed by atoms with E-state index in [0.717, 1.165) is 0 Å². The smallest absolute Gasteiger partial charge is 0.401 e. The van der Waals surface area contributed by atoms with Crippen molar-refractivity contribution >= 4 is 8.32 Å². The summed E-state index contributed by atoms with van der Waals surface area (Å²) in [5, 5.41) is 23.7. The molecule has 0 aromatic carbocycles. The highest BCUT2D eigenvalue weighted by molar-refractivity contribution is 6.93. The Morgan fingerprint density at radius 2 is 1.25 bits per heavy atom. The summed E-state index contributed by atoms with van der Waals surface area (Å²) in [4.78, 5) is 8.49. The molecule has 0 bridgehead atoms. The van der Waals surface area contributed by atoms with E-state index in [4.69, 9.17) is 20.6 Å². The summed E-state index contributed by atoms with van der Waals surface area (Å²) in [5.41, 5.74) is 3.75. The van der Waals surface area contributed by atoms with Gasteiger partial charge >= 0.3 is 8.32 Å². The molecule has 0 saturated heterocycles. The van der Waals surface area contributed by atoms with E-state index >= 15 is 0 Å². The normalized spacial score (nSPS) is 8.25. The van der Waals surface area contributed by atoms with E-state index in [0.29, 0.717) is 0 Å². The summed E-state index contributed by atoms with van der Waals surface area (Å²) < 4.78 is 0. The largest absolute Gasteiger partial charge is 0.518 e. The van der Waals surface area contributed by atoms with Gasteiger partial charge in [0.2, 0.25) is 0 Å². The second kappa shape index (κ2) is 2.09. The minimum absolute atomic E-state index is 1.25. The van der Waals surface area contributed by atoms with Crippen molar-refractivity contribution in [2.75, 3.05) is 0 Å². The summed E-state index contributed by atoms with van der Waals surface area (Å²) in [6, 6.07) is 0. The van der Waals surface area contributed by atoms with Crippen LogP contribution in [-0.4, -0.2) is 13.1 Å². The molecule has 0 rings (SSSR count). The lowest BCUT2D eigenvalue weighted by atomic mass is 11.7. The zero-order valence-corrected chi connectivity index (χ0v) is 4.79. The third kappa shape index (κ3) is 1.06. The van der Waals surface area contributed by atoms with Gasteiger partial charge in [-0.05, 0) is 0 Å². The van der Waals surface area contributed by atoms with Crippen molar-refractivity contribution < 1.29 is 4.80 Å². The Morgan fingerprint density at radius 3 is 1.25 bits per heavy atom. The van der Waals surface area contributed by atoms with Crippen LogP contribution in [0.2, 0.25) is 0 Å². The molecule has 0 heterocycles. The Bertz CT molecular complexity index is 168. The van der Waals surface area contributed by atoms with Gasteiger partial charge in [0.05, 0.1) is 17.1 Å². The molecule has 1 N–H and O–H groups in total. The number of nitrogens with zero attached hydrogens (tertiary/aromatic N) is 3. The molecule has 0 fully saturated rings. The third-order valence-electron chi connectivity index (χ3n) is 0.485. The second-order valence-corrected chi connectivity index (χ2v) is 3.14. The van der Waals surface area contributed by atoms with E-state index in [1.807, 2.05) is 0 Å². The van der Waals surface area contributed by atoms with Crippen molar-refractivity contribution in [1.82, 2.24) is 0 Å². The van der Waals surface area contributed by atoms with Gasteiger partial charge in [0.1, 0.15) is 0 Å². The van der Waals surface area contributed by atoms with Gasteiger partial charge in [-0.25, -0.2) is 15.8 Å². The van der Waals surface area contributed by atoms with E-state index in [1.54, 1.807) is 0 Å². The van der Waals surface area contributed by atoms with Crippen LogP contribution in [0.1, 0.15) is 0 Å². The van der Waals surface area contributed by atoms with E-state index in [-0.39, 0.29) is 0 Å². The van der Waals surface area contributed by atoms with E-state index in [2.05, 4.69) is 0 Å². The van der Waals surface area contributed by atoms with Gasteiger partial charge in [-0.15, -0.1) is 0 Å². The van der Waals surface area contributed by atoms with Crippen molar-refractivity contribution in [3.8, 4) is 17.1 Å². The molecule has 0 aromatic rings. The lowest BCUT2D eigenvalue weighted by molar-refractivity contribution is 0.584. The number of rotatable bonds is 0. The average Bonchev–Trinajstić information content (AvgIpc) is 1.87. The molecule has 38 valence electrons. The molecule has 0 aliphatic rings. The van der Waals surface area contributed by atoms with Crippen LogP contribution in [0.5, 0.6) is 0 Å². The first-order valence-corrected chi connectivity index (χ1v) is 3.59. The first-order chi connectivity index (χ1) is 3.68. The number of hydrogen-bond acceptors (Lipinski definition) is 4. The summed E-state index contributed by atoms with van der Waals surface area (Å²) in [6.07, 6.45) is 0. The highest BCUT2D eigenvalue weighted by Crippen LogP contribution is 1.87. The Hall–Kier alpha value is -1.35. The van der Waals surface area contributed by atoms with Crippen LogP contribution in [0.15, 0.2) is 0 Å². The van der Waals surface area contributed by atoms with Crippen LogP contribution in [-0.2, 0) is 0 Å². The molecule has 0 saturated carbocycles. The van der Waals surface area contributed by atoms with Crippen LogP contribution in [0.25, 0.3) is 0 Å². The Labute approximate surface area is 46.9 Å². The monoisotopic (exact) mass is 123 g/mol. The van der Waals surface area contributed by atoms with Crippen molar-refractivity contribution in [1.29, 1.82) is 15.8 Å². The molecule has 0 aromatic heterocycles. The van der Waals surface area contributed by atoms with Gasteiger partial charge in [-0.2, -0.15) is 0 Å². The van der Waals surface area contributed by atoms with Gasteiger partial charge in [-0.3, -0.25) is 0 Å². The fourth-order valence-electron chi connectivity index (χ4n) is 0.0750. The summed E-state index contributed by atoms with van der Waals surface area (Å²) >= 11 is 0. The quantitative estimate of drug-likeness (QED) is 0.423. The van der Waals surface area contributed by atoms with Gasteiger partial charge in [-0.1, -0.05) is 0 Å². The lowest BCUT2D eigenvalue weighted by Crippen LogP contribution is -2.28. The van der Waals surface area contributed by atoms with Crippen LogP contribution >= 0.6 is 0 Å². The predicted octanol–water partition coefficient (Wildman–Crippen LogP) is -0.887. The van der Waals surface area contributed by atoms with Crippen LogP contribution in [0.3, 0.4) is 0 Å². The minimum Gasteiger partial charge on any atom is -0.401 e. The molecule has 0 aliphatic heterocycles. The molecule has 0 amide bonds. The molecule has 0 aliphatic carbocycles. The maximum atomic E-state index is 8.49. The fourth-order valence-corrected chi connectivity index (χ4v) is 0.225. The average molecular weight is 123 g/mol. The van der Waals surface area contributed by atoms with Gasteiger partial charge in [0.25, 0.3) is 0 Å². The molecule has 8 heavy (non-hydrogen) atoms. The second-order valence-electron chi connectivity index (χ2n) is 1.05. The molecular formula is C3HN3OSi. The third-order valence-corrected chi connectivity index (χ3v) is 1.46. The molecule has 0 atom stereocenters. The molecule has 0 radical (unpaired) electrons. The topological polar surface area (TPSA) is 91.6 Å². The molecule has 4 nitrogen and oxygen atoms in total. The standard InChI is InChI=1S/C3HN3OSi/c4-1-8(7,2-5)3-6/h7H. The van der Waals surface area contributed by atoms with Crippen molar-refractivity contribution in [3.05, 3.63) is 0 Å². The summed E-state index contributed by atoms with van der Waals surface area (Å²) in [7, 11) is -3.75. The van der Waals surface area contributed by atoms with E-state index in [1.165, 1.54) is 17.1 Å². The lowest BCUT2D eigenvalue weighted by Gasteiger charge is -1.86. The van der Waals surface area contributed by atoms with Crippen LogP contribution in [0, 0.1) is 32.9 Å². The van der Waals surface area contributed by atoms with Crippen molar-refractivity contribution in [2.45, 2.75) is 0 Å². The zero-order chi connectivity index (χ0) is 6.62. The molecule has 0 unspecified atom stereocenters. The minimum atomic E-state index is -3.75. The van der Waals surface area contributed by atoms with Crippen molar-refractivity contribution in [3.63, 3.8) is 0 Å². The van der Waals surface area contributed by atoms with Gasteiger partial charge in [0, 0.05) is 0 Å². The van der Waals surface area contributed by atoms with Crippen LogP contribution < -0.4 is 0 Å². The fraction of sp³-hybridized carbons (Fsp3) is 0. The Balaban J connectivity index is 4.42. The highest BCUT2D eigenvalue weighted by atomic mass is 28.4. The molecular weight excluding hydrogens is 122 g/mol. The zero-order valence-electron chi connectivity index (χ0n) is 3.79. The first kappa shape index (κ1) is 6.65. The van der Waals surface area contributed by atoms with Crippen LogP contribution in [0.4, 0.5) is 0 Å². The molecule has 5 heteroatoms. The first-order valence-electron chi connectivity index (χ1n) is 1.64. The highest BCUT2D eigenvalue weighted by Gasteiger charge is 2.32. The number of nitriles is 3. The number of hydrogen-bond donors (Lipinski definition) is 1. The van der Waals surface area contributed by atoms with E-state index in [9.17, 15) is 0 Å². The maximum absolute atomic E-state index is 8.49. The van der Waals surface area contributed by atoms with Crippen molar-refractivity contribution in [2.24, 2.45) is 0 Å². The van der Waals surface area contributed by atoms with E-state index < -0.39 is 8.32 Å². The SMILES string of the molecule is N#C[Si](O)(C#N)C#N. The predicted molar refractivity (Wildman–Crippen MR) is 24.8 cm³/mol. The maximum Gasteiger partial charge on any atom is 0.518 e. The molecule has 0 spiro atoms. The summed E-state index contributed by atoms with van der Waals surface area (Å²) in [5.74, 6) is 0. The Kier molecular flexibility index (Phi) is 1.73. The Morgan fingerprint density at radius 1 is 1.00 bits per heavy atom. The van der Waals surface area contributed by atoms with Gasteiger partial charge < -0.3 is 4.80 Å². The van der Waals surface area contributed by atoms with Gasteiger partial charge in [0.15, 0.2) is 0 Å². The summed E-state index contributed by atoms with van der Waals surface area (Å²) in [6.45, 7) is 0.